The van der Waals surface area contributed by atoms with Crippen LogP contribution in [0.2, 0.25) is 0 Å². The molecular formula is C12H16BrN3S. The molecule has 2 rings (SSSR count). The fourth-order valence-corrected chi connectivity index (χ4v) is 3.29. The van der Waals surface area contributed by atoms with Crippen molar-refractivity contribution in [2.75, 3.05) is 0 Å². The molecule has 0 amide bonds. The molecule has 0 bridgehead atoms. The Morgan fingerprint density at radius 3 is 2.94 bits per heavy atom. The summed E-state index contributed by atoms with van der Waals surface area (Å²) in [5, 5.41) is 5.71. The second kappa shape index (κ2) is 5.80. The third-order valence-corrected chi connectivity index (χ3v) is 4.47. The molecule has 0 fully saturated rings. The number of rotatable bonds is 5. The van der Waals surface area contributed by atoms with E-state index in [4.69, 9.17) is 0 Å². The molecule has 0 aromatic carbocycles. The summed E-state index contributed by atoms with van der Waals surface area (Å²) in [6, 6.07) is 2.97. The Balaban J connectivity index is 1.88. The van der Waals surface area contributed by atoms with Crippen LogP contribution in [0.3, 0.4) is 0 Å². The highest BCUT2D eigenvalue weighted by Gasteiger charge is 2.11. The lowest BCUT2D eigenvalue weighted by molar-refractivity contribution is 0.433. The van der Waals surface area contributed by atoms with E-state index in [1.807, 2.05) is 18.7 Å². The molecule has 0 aliphatic rings. The van der Waals surface area contributed by atoms with Crippen LogP contribution < -0.4 is 5.32 Å². The summed E-state index contributed by atoms with van der Waals surface area (Å²) in [7, 11) is 0. The first-order valence-corrected chi connectivity index (χ1v) is 7.28. The van der Waals surface area contributed by atoms with Crippen LogP contribution in [0.1, 0.15) is 24.8 Å². The smallest absolute Gasteiger partial charge is 0.0946 e. The van der Waals surface area contributed by atoms with Gasteiger partial charge >= 0.3 is 0 Å². The van der Waals surface area contributed by atoms with Crippen LogP contribution in [0.5, 0.6) is 0 Å². The van der Waals surface area contributed by atoms with Gasteiger partial charge in [0.2, 0.25) is 0 Å². The topological polar surface area (TPSA) is 29.9 Å². The van der Waals surface area contributed by atoms with E-state index < -0.39 is 0 Å². The van der Waals surface area contributed by atoms with Gasteiger partial charge in [-0.25, -0.2) is 4.98 Å². The quantitative estimate of drug-likeness (QED) is 0.916. The van der Waals surface area contributed by atoms with Gasteiger partial charge in [0, 0.05) is 45.8 Å². The number of hydrogen-bond donors (Lipinski definition) is 1. The predicted molar refractivity (Wildman–Crippen MR) is 75.3 cm³/mol. The van der Waals surface area contributed by atoms with Crippen molar-refractivity contribution in [2.45, 2.75) is 32.5 Å². The standard InChI is InChI=1S/C12H16BrN3S/c1-9(6-16-4-3-14-8-16)15-10(2)12-5-11(13)7-17-12/h3-5,7-10,15H,6H2,1-2H3. The number of nitrogens with zero attached hydrogens (tertiary/aromatic N) is 2. The second-order valence-electron chi connectivity index (χ2n) is 4.22. The molecule has 0 saturated heterocycles. The van der Waals surface area contributed by atoms with Crippen molar-refractivity contribution in [3.8, 4) is 0 Å². The normalized spacial score (nSPS) is 14.8. The minimum atomic E-state index is 0.379. The zero-order valence-corrected chi connectivity index (χ0v) is 12.3. The molecule has 0 aliphatic carbocycles. The second-order valence-corrected chi connectivity index (χ2v) is 6.07. The van der Waals surface area contributed by atoms with Crippen LogP contribution in [0.4, 0.5) is 0 Å². The minimum absolute atomic E-state index is 0.379. The molecule has 0 saturated carbocycles. The molecule has 17 heavy (non-hydrogen) atoms. The van der Waals surface area contributed by atoms with E-state index >= 15 is 0 Å². The van der Waals surface area contributed by atoms with Crippen molar-refractivity contribution in [1.82, 2.24) is 14.9 Å². The van der Waals surface area contributed by atoms with Gasteiger partial charge in [-0.2, -0.15) is 0 Å². The molecule has 0 radical (unpaired) electrons. The van der Waals surface area contributed by atoms with E-state index in [2.05, 4.69) is 56.1 Å². The van der Waals surface area contributed by atoms with Crippen LogP contribution in [0.25, 0.3) is 0 Å². The predicted octanol–water partition coefficient (Wildman–Crippen LogP) is 3.45. The van der Waals surface area contributed by atoms with E-state index in [9.17, 15) is 0 Å². The lowest BCUT2D eigenvalue weighted by atomic mass is 10.2. The lowest BCUT2D eigenvalue weighted by Gasteiger charge is -2.19. The molecule has 2 unspecified atom stereocenters. The van der Waals surface area contributed by atoms with Crippen molar-refractivity contribution in [3.05, 3.63) is 39.5 Å². The molecule has 92 valence electrons. The van der Waals surface area contributed by atoms with E-state index in [-0.39, 0.29) is 0 Å². The van der Waals surface area contributed by atoms with E-state index in [0.29, 0.717) is 12.1 Å². The summed E-state index contributed by atoms with van der Waals surface area (Å²) in [5.74, 6) is 0. The Labute approximate surface area is 114 Å². The largest absolute Gasteiger partial charge is 0.336 e. The monoisotopic (exact) mass is 313 g/mol. The Kier molecular flexibility index (Phi) is 4.36. The molecule has 0 spiro atoms. The van der Waals surface area contributed by atoms with Gasteiger partial charge in [0.05, 0.1) is 6.33 Å². The summed E-state index contributed by atoms with van der Waals surface area (Å²) in [6.45, 7) is 5.33. The van der Waals surface area contributed by atoms with Crippen molar-refractivity contribution in [2.24, 2.45) is 0 Å². The Morgan fingerprint density at radius 2 is 2.35 bits per heavy atom. The molecule has 5 heteroatoms. The maximum absolute atomic E-state index is 4.05. The molecule has 1 N–H and O–H groups in total. The average molecular weight is 314 g/mol. The molecule has 3 nitrogen and oxygen atoms in total. The van der Waals surface area contributed by atoms with E-state index in [1.54, 1.807) is 11.3 Å². The van der Waals surface area contributed by atoms with E-state index in [0.717, 1.165) is 11.0 Å². The van der Waals surface area contributed by atoms with Crippen molar-refractivity contribution in [3.63, 3.8) is 0 Å². The van der Waals surface area contributed by atoms with Crippen LogP contribution in [-0.4, -0.2) is 15.6 Å². The highest BCUT2D eigenvalue weighted by atomic mass is 79.9. The SMILES string of the molecule is CC(Cn1ccnc1)NC(C)c1cc(Br)cs1. The first kappa shape index (κ1) is 12.8. The molecular weight excluding hydrogens is 298 g/mol. The number of nitrogens with one attached hydrogen (secondary N) is 1. The highest BCUT2D eigenvalue weighted by molar-refractivity contribution is 9.10. The number of hydrogen-bond acceptors (Lipinski definition) is 3. The molecule has 2 aromatic rings. The molecule has 2 aromatic heterocycles. The maximum Gasteiger partial charge on any atom is 0.0946 e. The Hall–Kier alpha value is -0.650. The summed E-state index contributed by atoms with van der Waals surface area (Å²) in [6.07, 6.45) is 5.65. The van der Waals surface area contributed by atoms with Crippen LogP contribution in [0, 0.1) is 0 Å². The molecule has 0 aliphatic heterocycles. The van der Waals surface area contributed by atoms with E-state index in [1.165, 1.54) is 4.88 Å². The first-order chi connectivity index (χ1) is 8.15. The van der Waals surface area contributed by atoms with Gasteiger partial charge in [0.25, 0.3) is 0 Å². The van der Waals surface area contributed by atoms with Gasteiger partial charge in [0.1, 0.15) is 0 Å². The summed E-state index contributed by atoms with van der Waals surface area (Å²) in [5.41, 5.74) is 0. The number of thiophene rings is 1. The van der Waals surface area contributed by atoms with Crippen LogP contribution in [-0.2, 0) is 6.54 Å². The molecule has 2 atom stereocenters. The van der Waals surface area contributed by atoms with Gasteiger partial charge in [-0.1, -0.05) is 0 Å². The fraction of sp³-hybridized carbons (Fsp3) is 0.417. The van der Waals surface area contributed by atoms with Gasteiger partial charge in [-0.3, -0.25) is 0 Å². The van der Waals surface area contributed by atoms with Crippen molar-refractivity contribution in [1.29, 1.82) is 0 Å². The average Bonchev–Trinajstić information content (AvgIpc) is 2.89. The zero-order valence-electron chi connectivity index (χ0n) is 9.93. The first-order valence-electron chi connectivity index (χ1n) is 5.61. The van der Waals surface area contributed by atoms with Gasteiger partial charge in [-0.05, 0) is 35.8 Å². The fourth-order valence-electron chi connectivity index (χ4n) is 1.83. The van der Waals surface area contributed by atoms with Gasteiger partial charge in [-0.15, -0.1) is 11.3 Å². The number of imidazole rings is 1. The number of aromatic nitrogens is 2. The maximum atomic E-state index is 4.05. The van der Waals surface area contributed by atoms with Crippen molar-refractivity contribution >= 4 is 27.3 Å². The third kappa shape index (κ3) is 3.66. The molecule has 2 heterocycles. The Morgan fingerprint density at radius 1 is 1.53 bits per heavy atom. The van der Waals surface area contributed by atoms with Gasteiger partial charge in [0.15, 0.2) is 0 Å². The summed E-state index contributed by atoms with van der Waals surface area (Å²) < 4.78 is 3.25. The third-order valence-electron chi connectivity index (χ3n) is 2.59. The van der Waals surface area contributed by atoms with Crippen LogP contribution in [0.15, 0.2) is 34.6 Å². The summed E-state index contributed by atoms with van der Waals surface area (Å²) in [4.78, 5) is 5.40. The van der Waals surface area contributed by atoms with Crippen LogP contribution >= 0.6 is 27.3 Å². The number of halogens is 1. The Bertz CT molecular complexity index is 452. The van der Waals surface area contributed by atoms with Crippen molar-refractivity contribution < 1.29 is 0 Å². The van der Waals surface area contributed by atoms with Gasteiger partial charge < -0.3 is 9.88 Å². The minimum Gasteiger partial charge on any atom is -0.336 e. The highest BCUT2D eigenvalue weighted by Crippen LogP contribution is 2.25. The summed E-state index contributed by atoms with van der Waals surface area (Å²) >= 11 is 5.26. The lowest BCUT2D eigenvalue weighted by Crippen LogP contribution is -2.32. The zero-order chi connectivity index (χ0) is 12.3.